The Morgan fingerprint density at radius 3 is 2.15 bits per heavy atom. The fraction of sp³-hybridized carbons (Fsp3) is 0.259. The van der Waals surface area contributed by atoms with E-state index in [0.29, 0.717) is 28.0 Å². The second-order valence-corrected chi connectivity index (χ2v) is 11.6. The van der Waals surface area contributed by atoms with Gasteiger partial charge in [-0.2, -0.15) is 0 Å². The average Bonchev–Trinajstić information content (AvgIpc) is 2.92. The van der Waals surface area contributed by atoms with Gasteiger partial charge in [-0.3, -0.25) is 13.9 Å². The lowest BCUT2D eigenvalue weighted by Gasteiger charge is -2.32. The van der Waals surface area contributed by atoms with Gasteiger partial charge in [-0.05, 0) is 80.1 Å². The molecule has 3 aromatic carbocycles. The number of anilines is 1. The maximum atomic E-state index is 13.8. The van der Waals surface area contributed by atoms with Crippen LogP contribution in [0.4, 0.5) is 5.69 Å². The van der Waals surface area contributed by atoms with E-state index in [4.69, 9.17) is 39.5 Å². The van der Waals surface area contributed by atoms with E-state index >= 15 is 0 Å². The highest BCUT2D eigenvalue weighted by Crippen LogP contribution is 2.28. The van der Waals surface area contributed by atoms with Crippen LogP contribution < -0.4 is 14.4 Å². The average molecular weight is 613 g/mol. The molecule has 0 aromatic heterocycles. The molecular weight excluding hydrogens is 585 g/mol. The third-order valence-corrected chi connectivity index (χ3v) is 8.65. The van der Waals surface area contributed by atoms with Crippen LogP contribution in [-0.4, -0.2) is 51.4 Å². The maximum absolute atomic E-state index is 13.8. The number of hydrogen-bond donors (Lipinski definition) is 1. The Morgan fingerprint density at radius 1 is 0.949 bits per heavy atom. The van der Waals surface area contributed by atoms with Crippen molar-refractivity contribution >= 4 is 62.3 Å². The lowest BCUT2D eigenvalue weighted by atomic mass is 10.1. The van der Waals surface area contributed by atoms with Crippen LogP contribution in [0.25, 0.3) is 0 Å². The first-order valence-electron chi connectivity index (χ1n) is 11.9. The molecule has 3 rings (SSSR count). The van der Waals surface area contributed by atoms with Gasteiger partial charge in [0.15, 0.2) is 0 Å². The number of nitrogens with one attached hydrogen (secondary N) is 1. The third kappa shape index (κ3) is 7.57. The molecular formula is C27H28Cl3N3O5S. The number of carbonyl (C=O) groups excluding carboxylic acids is 2. The van der Waals surface area contributed by atoms with Crippen molar-refractivity contribution in [2.24, 2.45) is 0 Å². The maximum Gasteiger partial charge on any atom is 0.264 e. The molecule has 1 N–H and O–H groups in total. The molecule has 0 radical (unpaired) electrons. The number of amides is 2. The summed E-state index contributed by atoms with van der Waals surface area (Å²) in [4.78, 5) is 27.6. The molecule has 0 spiro atoms. The normalized spacial score (nSPS) is 11.9. The topological polar surface area (TPSA) is 96.0 Å². The minimum absolute atomic E-state index is 0.0115. The number of likely N-dealkylation sites (N-methyl/N-ethyl adjacent to an activating group) is 1. The Labute approximate surface area is 243 Å². The van der Waals surface area contributed by atoms with Gasteiger partial charge >= 0.3 is 0 Å². The highest BCUT2D eigenvalue weighted by Gasteiger charge is 2.32. The molecule has 12 heteroatoms. The number of rotatable bonds is 11. The van der Waals surface area contributed by atoms with E-state index in [9.17, 15) is 18.0 Å². The number of benzene rings is 3. The predicted octanol–water partition coefficient (Wildman–Crippen LogP) is 5.40. The number of ether oxygens (including phenoxy) is 1. The molecule has 208 valence electrons. The summed E-state index contributed by atoms with van der Waals surface area (Å²) in [5, 5.41) is 3.53. The van der Waals surface area contributed by atoms with E-state index in [1.165, 1.54) is 36.2 Å². The summed E-state index contributed by atoms with van der Waals surface area (Å²) in [6.45, 7) is 3.23. The van der Waals surface area contributed by atoms with Gasteiger partial charge in [-0.1, -0.05) is 40.9 Å². The Morgan fingerprint density at radius 2 is 1.59 bits per heavy atom. The number of carbonyl (C=O) groups is 2. The number of halogens is 3. The van der Waals surface area contributed by atoms with Gasteiger partial charge in [0, 0.05) is 18.6 Å². The fourth-order valence-electron chi connectivity index (χ4n) is 3.76. The van der Waals surface area contributed by atoms with Crippen LogP contribution in [-0.2, 0) is 26.2 Å². The van der Waals surface area contributed by atoms with E-state index in [1.807, 2.05) is 6.92 Å². The molecule has 0 fully saturated rings. The SMILES string of the molecule is CCOc1ccc(N(CC(=O)N(Cc2ccc(Cl)c(Cl)c2)[C@H](C)C(=O)NC)S(=O)(=O)c2ccc(Cl)cc2)cc1. The van der Waals surface area contributed by atoms with Crippen LogP contribution in [0, 0.1) is 0 Å². The number of nitrogens with zero attached hydrogens (tertiary/aromatic N) is 2. The summed E-state index contributed by atoms with van der Waals surface area (Å²) >= 11 is 18.2. The van der Waals surface area contributed by atoms with E-state index < -0.39 is 34.4 Å². The smallest absolute Gasteiger partial charge is 0.264 e. The minimum atomic E-state index is -4.21. The molecule has 0 unspecified atom stereocenters. The van der Waals surface area contributed by atoms with Gasteiger partial charge in [0.05, 0.1) is 27.2 Å². The lowest BCUT2D eigenvalue weighted by molar-refractivity contribution is -0.139. The number of sulfonamides is 1. The zero-order chi connectivity index (χ0) is 28.7. The predicted molar refractivity (Wildman–Crippen MR) is 154 cm³/mol. The van der Waals surface area contributed by atoms with Gasteiger partial charge in [0.2, 0.25) is 11.8 Å². The van der Waals surface area contributed by atoms with Crippen LogP contribution in [0.5, 0.6) is 5.75 Å². The molecule has 0 aliphatic heterocycles. The largest absolute Gasteiger partial charge is 0.494 e. The standard InChI is InChI=1S/C27H28Cl3N3O5S/c1-4-38-22-10-8-21(9-11-22)33(39(36,37)23-12-6-20(28)7-13-23)17-26(34)32(18(2)27(35)31-3)16-19-5-14-24(29)25(30)15-19/h5-15,18H,4,16-17H2,1-3H3,(H,31,35)/t18-/m1/s1. The molecule has 0 bridgehead atoms. The molecule has 0 saturated heterocycles. The molecule has 0 aliphatic rings. The Kier molecular flexibility index (Phi) is 10.5. The van der Waals surface area contributed by atoms with Crippen LogP contribution in [0.2, 0.25) is 15.1 Å². The molecule has 8 nitrogen and oxygen atoms in total. The van der Waals surface area contributed by atoms with E-state index in [1.54, 1.807) is 49.4 Å². The molecule has 0 heterocycles. The van der Waals surface area contributed by atoms with Crippen molar-refractivity contribution in [1.29, 1.82) is 0 Å². The molecule has 2 amide bonds. The van der Waals surface area contributed by atoms with Gasteiger partial charge < -0.3 is 15.0 Å². The zero-order valence-electron chi connectivity index (χ0n) is 21.5. The van der Waals surface area contributed by atoms with Gasteiger partial charge in [0.1, 0.15) is 18.3 Å². The van der Waals surface area contributed by atoms with Crippen molar-refractivity contribution in [1.82, 2.24) is 10.2 Å². The first-order valence-corrected chi connectivity index (χ1v) is 14.5. The van der Waals surface area contributed by atoms with E-state index in [0.717, 1.165) is 4.31 Å². The van der Waals surface area contributed by atoms with Gasteiger partial charge in [-0.25, -0.2) is 8.42 Å². The summed E-state index contributed by atoms with van der Waals surface area (Å²) in [5.74, 6) is -0.480. The molecule has 1 atom stereocenters. The summed E-state index contributed by atoms with van der Waals surface area (Å²) < 4.78 is 34.0. The van der Waals surface area contributed by atoms with Crippen molar-refractivity contribution in [3.8, 4) is 5.75 Å². The van der Waals surface area contributed by atoms with Crippen molar-refractivity contribution in [3.63, 3.8) is 0 Å². The zero-order valence-corrected chi connectivity index (χ0v) is 24.6. The van der Waals surface area contributed by atoms with E-state index in [2.05, 4.69) is 5.32 Å². The highest BCUT2D eigenvalue weighted by atomic mass is 35.5. The Bertz CT molecular complexity index is 1420. The molecule has 3 aromatic rings. The minimum Gasteiger partial charge on any atom is -0.494 e. The Balaban J connectivity index is 2.04. The van der Waals surface area contributed by atoms with Crippen LogP contribution in [0.3, 0.4) is 0 Å². The monoisotopic (exact) mass is 611 g/mol. The third-order valence-electron chi connectivity index (χ3n) is 5.87. The van der Waals surface area contributed by atoms with Crippen molar-refractivity contribution in [2.75, 3.05) is 24.5 Å². The summed E-state index contributed by atoms with van der Waals surface area (Å²) in [6, 6.07) is 15.9. The van der Waals surface area contributed by atoms with Crippen molar-refractivity contribution in [3.05, 3.63) is 87.4 Å². The summed E-state index contributed by atoms with van der Waals surface area (Å²) in [5.41, 5.74) is 0.852. The van der Waals surface area contributed by atoms with Crippen LogP contribution in [0.15, 0.2) is 71.6 Å². The van der Waals surface area contributed by atoms with Crippen LogP contribution >= 0.6 is 34.8 Å². The Hall–Kier alpha value is -2.98. The fourth-order valence-corrected chi connectivity index (χ4v) is 5.62. The quantitative estimate of drug-likeness (QED) is 0.313. The van der Waals surface area contributed by atoms with Crippen molar-refractivity contribution < 1.29 is 22.7 Å². The second kappa shape index (κ2) is 13.4. The number of hydrogen-bond acceptors (Lipinski definition) is 5. The van der Waals surface area contributed by atoms with Crippen molar-refractivity contribution in [2.45, 2.75) is 31.3 Å². The summed E-state index contributed by atoms with van der Waals surface area (Å²) in [7, 11) is -2.76. The highest BCUT2D eigenvalue weighted by molar-refractivity contribution is 7.92. The van der Waals surface area contributed by atoms with Gasteiger partial charge in [0.25, 0.3) is 10.0 Å². The van der Waals surface area contributed by atoms with Crippen LogP contribution in [0.1, 0.15) is 19.4 Å². The molecule has 0 saturated carbocycles. The van der Waals surface area contributed by atoms with Gasteiger partial charge in [-0.15, -0.1) is 0 Å². The molecule has 39 heavy (non-hydrogen) atoms. The first-order chi connectivity index (χ1) is 18.5. The van der Waals surface area contributed by atoms with E-state index in [-0.39, 0.29) is 22.2 Å². The first kappa shape index (κ1) is 30.6. The molecule has 0 aliphatic carbocycles. The second-order valence-electron chi connectivity index (χ2n) is 8.45. The lowest BCUT2D eigenvalue weighted by Crippen LogP contribution is -2.50. The summed E-state index contributed by atoms with van der Waals surface area (Å²) in [6.07, 6.45) is 0.